The number of sulfonamides is 1. The molecule has 20 heavy (non-hydrogen) atoms. The van der Waals surface area contributed by atoms with Crippen LogP contribution in [0.2, 0.25) is 5.02 Å². The number of nitrogens with one attached hydrogen (secondary N) is 2. The molecule has 0 aliphatic carbocycles. The number of amides is 1. The Kier molecular flexibility index (Phi) is 4.62. The van der Waals surface area contributed by atoms with Crippen molar-refractivity contribution in [2.75, 3.05) is 6.54 Å². The first-order valence-electron chi connectivity index (χ1n) is 6.15. The van der Waals surface area contributed by atoms with E-state index in [0.717, 1.165) is 25.0 Å². The van der Waals surface area contributed by atoms with Gasteiger partial charge in [-0.2, -0.15) is 4.72 Å². The van der Waals surface area contributed by atoms with Gasteiger partial charge in [-0.3, -0.25) is 4.79 Å². The highest BCUT2D eigenvalue weighted by molar-refractivity contribution is 7.89. The average molecular weight is 321 g/mol. The van der Waals surface area contributed by atoms with Gasteiger partial charge in [-0.25, -0.2) is 12.8 Å². The lowest BCUT2D eigenvalue weighted by Crippen LogP contribution is -2.45. The van der Waals surface area contributed by atoms with Crippen LogP contribution in [0, 0.1) is 5.82 Å². The quantitative estimate of drug-likeness (QED) is 0.884. The van der Waals surface area contributed by atoms with Crippen molar-refractivity contribution in [2.24, 2.45) is 0 Å². The van der Waals surface area contributed by atoms with Gasteiger partial charge in [0.05, 0.1) is 0 Å². The fourth-order valence-electron chi connectivity index (χ4n) is 2.00. The number of hydrogen-bond donors (Lipinski definition) is 2. The molecule has 1 fully saturated rings. The van der Waals surface area contributed by atoms with E-state index >= 15 is 0 Å². The van der Waals surface area contributed by atoms with E-state index in [0.29, 0.717) is 13.0 Å². The molecule has 0 radical (unpaired) electrons. The van der Waals surface area contributed by atoms with Gasteiger partial charge >= 0.3 is 0 Å². The smallest absolute Gasteiger partial charge is 0.244 e. The van der Waals surface area contributed by atoms with E-state index in [-0.39, 0.29) is 10.9 Å². The molecule has 1 aromatic rings. The van der Waals surface area contributed by atoms with Crippen LogP contribution in [0.3, 0.4) is 0 Å². The van der Waals surface area contributed by atoms with Crippen molar-refractivity contribution in [1.82, 2.24) is 10.0 Å². The van der Waals surface area contributed by atoms with Crippen LogP contribution in [0.1, 0.15) is 19.3 Å². The molecule has 0 saturated carbocycles. The standard InChI is InChI=1S/C12H14ClFN2O3S/c13-8-4-5-11(9(14)7-8)20(18,19)16-10-3-1-2-6-15-12(10)17/h4-5,7,10,16H,1-3,6H2,(H,15,17). The zero-order valence-electron chi connectivity index (χ0n) is 10.5. The van der Waals surface area contributed by atoms with Gasteiger partial charge in [0.25, 0.3) is 0 Å². The van der Waals surface area contributed by atoms with Gasteiger partial charge < -0.3 is 5.32 Å². The molecular formula is C12H14ClFN2O3S. The van der Waals surface area contributed by atoms with Gasteiger partial charge in [0.2, 0.25) is 15.9 Å². The van der Waals surface area contributed by atoms with Crippen molar-refractivity contribution in [2.45, 2.75) is 30.2 Å². The highest BCUT2D eigenvalue weighted by atomic mass is 35.5. The van der Waals surface area contributed by atoms with Crippen molar-refractivity contribution in [1.29, 1.82) is 0 Å². The van der Waals surface area contributed by atoms with E-state index in [1.807, 2.05) is 0 Å². The fraction of sp³-hybridized carbons (Fsp3) is 0.417. The van der Waals surface area contributed by atoms with E-state index < -0.39 is 26.8 Å². The molecule has 1 amide bonds. The highest BCUT2D eigenvalue weighted by Crippen LogP contribution is 2.20. The molecule has 1 aliphatic rings. The number of halogens is 2. The number of rotatable bonds is 3. The second kappa shape index (κ2) is 6.07. The van der Waals surface area contributed by atoms with Gasteiger partial charge in [-0.15, -0.1) is 0 Å². The average Bonchev–Trinajstić information content (AvgIpc) is 2.54. The minimum absolute atomic E-state index is 0.105. The van der Waals surface area contributed by atoms with Crippen LogP contribution >= 0.6 is 11.6 Å². The summed E-state index contributed by atoms with van der Waals surface area (Å²) in [6.07, 6.45) is 1.90. The van der Waals surface area contributed by atoms with E-state index in [1.54, 1.807) is 0 Å². The Morgan fingerprint density at radius 3 is 2.80 bits per heavy atom. The number of benzene rings is 1. The summed E-state index contributed by atoms with van der Waals surface area (Å²) >= 11 is 5.58. The number of carbonyl (C=O) groups excluding carboxylic acids is 1. The normalized spacial score (nSPS) is 20.3. The lowest BCUT2D eigenvalue weighted by Gasteiger charge is -2.15. The molecule has 1 heterocycles. The molecule has 1 aliphatic heterocycles. The van der Waals surface area contributed by atoms with Crippen molar-refractivity contribution in [3.63, 3.8) is 0 Å². The summed E-state index contributed by atoms with van der Waals surface area (Å²) < 4.78 is 40.1. The van der Waals surface area contributed by atoms with Crippen molar-refractivity contribution < 1.29 is 17.6 Å². The first-order chi connectivity index (χ1) is 9.40. The van der Waals surface area contributed by atoms with Crippen LogP contribution in [0.25, 0.3) is 0 Å². The van der Waals surface area contributed by atoms with Crippen LogP contribution in [0.5, 0.6) is 0 Å². The summed E-state index contributed by atoms with van der Waals surface area (Å²) in [7, 11) is -4.10. The Bertz CT molecular complexity index is 621. The number of carbonyl (C=O) groups is 1. The molecule has 0 aromatic heterocycles. The van der Waals surface area contributed by atoms with E-state index in [2.05, 4.69) is 10.0 Å². The molecule has 0 bridgehead atoms. The Morgan fingerprint density at radius 2 is 2.10 bits per heavy atom. The van der Waals surface area contributed by atoms with E-state index in [9.17, 15) is 17.6 Å². The lowest BCUT2D eigenvalue weighted by molar-refractivity contribution is -0.122. The molecule has 1 unspecified atom stereocenters. The summed E-state index contributed by atoms with van der Waals surface area (Å²) in [4.78, 5) is 11.2. The predicted octanol–water partition coefficient (Wildman–Crippen LogP) is 1.43. The summed E-state index contributed by atoms with van der Waals surface area (Å²) in [6.45, 7) is 0.520. The van der Waals surface area contributed by atoms with Crippen LogP contribution in [0.4, 0.5) is 4.39 Å². The molecule has 0 spiro atoms. The summed E-state index contributed by atoms with van der Waals surface area (Å²) in [5, 5.41) is 2.72. The second-order valence-electron chi connectivity index (χ2n) is 4.54. The molecular weight excluding hydrogens is 307 g/mol. The maximum Gasteiger partial charge on any atom is 0.244 e. The third-order valence-corrected chi connectivity index (χ3v) is 4.76. The summed E-state index contributed by atoms with van der Waals surface area (Å²) in [5.74, 6) is -1.33. The molecule has 5 nitrogen and oxygen atoms in total. The van der Waals surface area contributed by atoms with Crippen LogP contribution in [0.15, 0.2) is 23.1 Å². The minimum atomic E-state index is -4.10. The summed E-state index contributed by atoms with van der Waals surface area (Å²) in [6, 6.07) is 2.40. The zero-order chi connectivity index (χ0) is 14.8. The third kappa shape index (κ3) is 3.47. The molecule has 110 valence electrons. The zero-order valence-corrected chi connectivity index (χ0v) is 12.1. The van der Waals surface area contributed by atoms with Crippen molar-refractivity contribution in [3.05, 3.63) is 29.0 Å². The minimum Gasteiger partial charge on any atom is -0.355 e. The van der Waals surface area contributed by atoms with Crippen LogP contribution in [-0.4, -0.2) is 26.9 Å². The largest absolute Gasteiger partial charge is 0.355 e. The Hall–Kier alpha value is -1.18. The maximum atomic E-state index is 13.7. The SMILES string of the molecule is O=C1NCCCCC1NS(=O)(=O)c1ccc(Cl)cc1F. The summed E-state index contributed by atoms with van der Waals surface area (Å²) in [5.41, 5.74) is 0. The molecule has 2 rings (SSSR count). The van der Waals surface area contributed by atoms with Crippen molar-refractivity contribution in [3.8, 4) is 0 Å². The van der Waals surface area contributed by atoms with Gasteiger partial charge in [0.15, 0.2) is 0 Å². The highest BCUT2D eigenvalue weighted by Gasteiger charge is 2.28. The molecule has 1 saturated heterocycles. The Balaban J connectivity index is 2.24. The molecule has 8 heteroatoms. The predicted molar refractivity (Wildman–Crippen MR) is 72.4 cm³/mol. The van der Waals surface area contributed by atoms with Gasteiger partial charge in [-0.1, -0.05) is 11.6 Å². The van der Waals surface area contributed by atoms with Gasteiger partial charge in [-0.05, 0) is 37.5 Å². The lowest BCUT2D eigenvalue weighted by atomic mass is 10.1. The number of hydrogen-bond acceptors (Lipinski definition) is 3. The molecule has 1 atom stereocenters. The van der Waals surface area contributed by atoms with Gasteiger partial charge in [0, 0.05) is 11.6 Å². The Morgan fingerprint density at radius 1 is 1.35 bits per heavy atom. The fourth-order valence-corrected chi connectivity index (χ4v) is 3.44. The topological polar surface area (TPSA) is 75.3 Å². The Labute approximate surface area is 121 Å². The van der Waals surface area contributed by atoms with E-state index in [1.165, 1.54) is 6.07 Å². The maximum absolute atomic E-state index is 13.7. The molecule has 2 N–H and O–H groups in total. The van der Waals surface area contributed by atoms with Crippen LogP contribution in [-0.2, 0) is 14.8 Å². The third-order valence-electron chi connectivity index (χ3n) is 3.02. The first kappa shape index (κ1) is 15.2. The second-order valence-corrected chi connectivity index (χ2v) is 6.65. The van der Waals surface area contributed by atoms with E-state index in [4.69, 9.17) is 11.6 Å². The van der Waals surface area contributed by atoms with Crippen molar-refractivity contribution >= 4 is 27.5 Å². The molecule has 1 aromatic carbocycles. The monoisotopic (exact) mass is 320 g/mol. The first-order valence-corrected chi connectivity index (χ1v) is 8.01. The van der Waals surface area contributed by atoms with Gasteiger partial charge in [0.1, 0.15) is 16.8 Å². The van der Waals surface area contributed by atoms with Crippen LogP contribution < -0.4 is 10.0 Å².